The van der Waals surface area contributed by atoms with Gasteiger partial charge in [0, 0.05) is 11.7 Å². The third-order valence-electron chi connectivity index (χ3n) is 5.83. The van der Waals surface area contributed by atoms with Gasteiger partial charge in [0.2, 0.25) is 5.91 Å². The molecular weight excluding hydrogens is 308 g/mol. The Kier molecular flexibility index (Phi) is 3.54. The van der Waals surface area contributed by atoms with Crippen molar-refractivity contribution in [3.63, 3.8) is 0 Å². The highest BCUT2D eigenvalue weighted by atomic mass is 16.2. The Morgan fingerprint density at radius 2 is 1.68 bits per heavy atom. The van der Waals surface area contributed by atoms with Gasteiger partial charge in [-0.1, -0.05) is 30.3 Å². The molecule has 0 aromatic heterocycles. The van der Waals surface area contributed by atoms with Crippen molar-refractivity contribution in [2.75, 3.05) is 11.9 Å². The molecule has 128 valence electrons. The molecule has 2 N–H and O–H groups in total. The molecular formula is C22H24N2O. The normalized spacial score (nSPS) is 18.0. The van der Waals surface area contributed by atoms with Crippen LogP contribution >= 0.6 is 0 Å². The van der Waals surface area contributed by atoms with E-state index in [1.807, 2.05) is 0 Å². The van der Waals surface area contributed by atoms with Crippen LogP contribution in [0.15, 0.2) is 42.5 Å². The van der Waals surface area contributed by atoms with Gasteiger partial charge in [0.15, 0.2) is 0 Å². The predicted molar refractivity (Wildman–Crippen MR) is 101 cm³/mol. The molecule has 1 amide bonds. The van der Waals surface area contributed by atoms with E-state index in [4.69, 9.17) is 0 Å². The van der Waals surface area contributed by atoms with E-state index >= 15 is 0 Å². The van der Waals surface area contributed by atoms with Gasteiger partial charge in [0.1, 0.15) is 0 Å². The first-order valence-corrected chi connectivity index (χ1v) is 9.52. The highest BCUT2D eigenvalue weighted by Crippen LogP contribution is 2.44. The first-order chi connectivity index (χ1) is 12.3. The number of amides is 1. The SMILES string of the molecule is O=C(CNc1ccc2c(c1)Cc1ccccc1-2)NC(C1CC1)C1CC1. The van der Waals surface area contributed by atoms with E-state index in [1.165, 1.54) is 47.9 Å². The molecule has 0 saturated heterocycles. The minimum absolute atomic E-state index is 0.132. The molecule has 0 spiro atoms. The number of carbonyl (C=O) groups is 1. The van der Waals surface area contributed by atoms with Crippen LogP contribution in [0.1, 0.15) is 36.8 Å². The first-order valence-electron chi connectivity index (χ1n) is 9.52. The zero-order valence-electron chi connectivity index (χ0n) is 14.4. The number of nitrogens with one attached hydrogen (secondary N) is 2. The average Bonchev–Trinajstić information content (AvgIpc) is 3.53. The summed E-state index contributed by atoms with van der Waals surface area (Å²) in [5.74, 6) is 1.62. The molecule has 0 radical (unpaired) electrons. The predicted octanol–water partition coefficient (Wildman–Crippen LogP) is 3.97. The van der Waals surface area contributed by atoms with Crippen molar-refractivity contribution in [3.05, 3.63) is 53.6 Å². The second-order valence-corrected chi connectivity index (χ2v) is 7.83. The van der Waals surface area contributed by atoms with Crippen molar-refractivity contribution in [1.82, 2.24) is 5.32 Å². The molecule has 2 aromatic carbocycles. The van der Waals surface area contributed by atoms with Crippen molar-refractivity contribution in [3.8, 4) is 11.1 Å². The smallest absolute Gasteiger partial charge is 0.239 e. The summed E-state index contributed by atoms with van der Waals surface area (Å²) in [5, 5.41) is 6.59. The summed E-state index contributed by atoms with van der Waals surface area (Å²) in [6.45, 7) is 0.363. The summed E-state index contributed by atoms with van der Waals surface area (Å²) in [6.07, 6.45) is 6.15. The molecule has 2 aromatic rings. The number of rotatable bonds is 6. The Bertz CT molecular complexity index is 809. The zero-order chi connectivity index (χ0) is 16.8. The van der Waals surface area contributed by atoms with Crippen LogP contribution in [0.2, 0.25) is 0 Å². The van der Waals surface area contributed by atoms with Gasteiger partial charge < -0.3 is 10.6 Å². The van der Waals surface area contributed by atoms with E-state index in [1.54, 1.807) is 0 Å². The highest BCUT2D eigenvalue weighted by Gasteiger charge is 2.42. The standard InChI is InChI=1S/C22H24N2O/c25-21(24-22(14-5-6-14)15-7-8-15)13-23-18-9-10-20-17(12-18)11-16-3-1-2-4-19(16)20/h1-4,9-10,12,14-15,22-23H,5-8,11,13H2,(H,24,25). The first kappa shape index (κ1) is 15.0. The fourth-order valence-corrected chi connectivity index (χ4v) is 4.21. The third-order valence-corrected chi connectivity index (χ3v) is 5.83. The molecule has 2 saturated carbocycles. The van der Waals surface area contributed by atoms with Crippen LogP contribution in [-0.4, -0.2) is 18.5 Å². The number of benzene rings is 2. The molecule has 3 heteroatoms. The van der Waals surface area contributed by atoms with E-state index in [9.17, 15) is 4.79 Å². The monoisotopic (exact) mass is 332 g/mol. The number of carbonyl (C=O) groups excluding carboxylic acids is 1. The molecule has 0 bridgehead atoms. The number of hydrogen-bond acceptors (Lipinski definition) is 2. The quantitative estimate of drug-likeness (QED) is 0.717. The summed E-state index contributed by atoms with van der Waals surface area (Å²) < 4.78 is 0. The topological polar surface area (TPSA) is 41.1 Å². The maximum Gasteiger partial charge on any atom is 0.239 e. The van der Waals surface area contributed by atoms with E-state index < -0.39 is 0 Å². The van der Waals surface area contributed by atoms with Gasteiger partial charge in [-0.25, -0.2) is 0 Å². The molecule has 0 unspecified atom stereocenters. The number of hydrogen-bond donors (Lipinski definition) is 2. The van der Waals surface area contributed by atoms with E-state index in [2.05, 4.69) is 53.1 Å². The van der Waals surface area contributed by atoms with Crippen molar-refractivity contribution < 1.29 is 4.79 Å². The molecule has 0 atom stereocenters. The summed E-state index contributed by atoms with van der Waals surface area (Å²) in [7, 11) is 0. The molecule has 25 heavy (non-hydrogen) atoms. The average molecular weight is 332 g/mol. The maximum atomic E-state index is 12.3. The number of fused-ring (bicyclic) bond motifs is 3. The summed E-state index contributed by atoms with van der Waals surface area (Å²) in [4.78, 5) is 12.3. The molecule has 2 fully saturated rings. The highest BCUT2D eigenvalue weighted by molar-refractivity contribution is 5.82. The maximum absolute atomic E-state index is 12.3. The van der Waals surface area contributed by atoms with Crippen molar-refractivity contribution in [2.24, 2.45) is 11.8 Å². The zero-order valence-corrected chi connectivity index (χ0v) is 14.4. The van der Waals surface area contributed by atoms with Gasteiger partial charge in [-0.3, -0.25) is 4.79 Å². The van der Waals surface area contributed by atoms with E-state index in [-0.39, 0.29) is 5.91 Å². The summed E-state index contributed by atoms with van der Waals surface area (Å²) >= 11 is 0. The number of anilines is 1. The third kappa shape index (κ3) is 3.04. The molecule has 3 nitrogen and oxygen atoms in total. The Balaban J connectivity index is 1.22. The van der Waals surface area contributed by atoms with Gasteiger partial charge in [-0.2, -0.15) is 0 Å². The molecule has 3 aliphatic carbocycles. The summed E-state index contributed by atoms with van der Waals surface area (Å²) in [5.41, 5.74) is 6.45. The van der Waals surface area contributed by atoms with Crippen molar-refractivity contribution in [1.29, 1.82) is 0 Å². The van der Waals surface area contributed by atoms with Crippen LogP contribution in [0.3, 0.4) is 0 Å². The Morgan fingerprint density at radius 3 is 2.44 bits per heavy atom. The Hall–Kier alpha value is -2.29. The van der Waals surface area contributed by atoms with Crippen LogP contribution in [-0.2, 0) is 11.2 Å². The lowest BCUT2D eigenvalue weighted by Crippen LogP contribution is -2.41. The van der Waals surface area contributed by atoms with Crippen molar-refractivity contribution >= 4 is 11.6 Å². The lowest BCUT2D eigenvalue weighted by atomic mass is 10.1. The lowest BCUT2D eigenvalue weighted by Gasteiger charge is -2.18. The molecule has 0 aliphatic heterocycles. The van der Waals surface area contributed by atoms with Crippen LogP contribution in [0, 0.1) is 11.8 Å². The van der Waals surface area contributed by atoms with Crippen LogP contribution in [0.5, 0.6) is 0 Å². The second kappa shape index (κ2) is 5.91. The van der Waals surface area contributed by atoms with Crippen molar-refractivity contribution in [2.45, 2.75) is 38.1 Å². The van der Waals surface area contributed by atoms with Crippen LogP contribution in [0.4, 0.5) is 5.69 Å². The molecule has 0 heterocycles. The van der Waals surface area contributed by atoms with Gasteiger partial charge in [0.05, 0.1) is 6.54 Å². The van der Waals surface area contributed by atoms with Gasteiger partial charge in [-0.15, -0.1) is 0 Å². The molecule has 3 aliphatic rings. The van der Waals surface area contributed by atoms with Gasteiger partial charge in [-0.05, 0) is 78.3 Å². The Morgan fingerprint density at radius 1 is 0.960 bits per heavy atom. The van der Waals surface area contributed by atoms with Crippen LogP contribution in [0.25, 0.3) is 11.1 Å². The van der Waals surface area contributed by atoms with Gasteiger partial charge >= 0.3 is 0 Å². The Labute approximate surface area is 148 Å². The molecule has 5 rings (SSSR count). The minimum atomic E-state index is 0.132. The van der Waals surface area contributed by atoms with E-state index in [0.717, 1.165) is 23.9 Å². The fraction of sp³-hybridized carbons (Fsp3) is 0.409. The second-order valence-electron chi connectivity index (χ2n) is 7.83. The summed E-state index contributed by atoms with van der Waals surface area (Å²) in [6, 6.07) is 15.5. The largest absolute Gasteiger partial charge is 0.376 e. The van der Waals surface area contributed by atoms with Gasteiger partial charge in [0.25, 0.3) is 0 Å². The van der Waals surface area contributed by atoms with Crippen LogP contribution < -0.4 is 10.6 Å². The van der Waals surface area contributed by atoms with E-state index in [0.29, 0.717) is 12.6 Å². The lowest BCUT2D eigenvalue weighted by molar-refractivity contribution is -0.120. The minimum Gasteiger partial charge on any atom is -0.376 e. The fourth-order valence-electron chi connectivity index (χ4n) is 4.21.